The third-order valence-electron chi connectivity index (χ3n) is 3.70. The number of esters is 1. The molecule has 26 heavy (non-hydrogen) atoms. The second kappa shape index (κ2) is 8.37. The van der Waals surface area contributed by atoms with E-state index in [4.69, 9.17) is 11.6 Å². The number of nitrogens with zero attached hydrogens (tertiary/aromatic N) is 1. The van der Waals surface area contributed by atoms with Crippen LogP contribution in [0, 0.1) is 6.92 Å². The maximum Gasteiger partial charge on any atom is 0.307 e. The van der Waals surface area contributed by atoms with E-state index in [9.17, 15) is 18.0 Å². The van der Waals surface area contributed by atoms with Gasteiger partial charge in [0.15, 0.2) is 0 Å². The predicted molar refractivity (Wildman–Crippen MR) is 99.8 cm³/mol. The minimum Gasteiger partial charge on any atom is -0.469 e. The van der Waals surface area contributed by atoms with Crippen LogP contribution in [-0.2, 0) is 31.9 Å². The Labute approximate surface area is 156 Å². The first kappa shape index (κ1) is 20.0. The number of ether oxygens (including phenoxy) is 1. The van der Waals surface area contributed by atoms with Crippen molar-refractivity contribution < 1.29 is 17.9 Å². The van der Waals surface area contributed by atoms with E-state index in [0.29, 0.717) is 16.3 Å². The summed E-state index contributed by atoms with van der Waals surface area (Å²) in [5.74, 6) is -0.746. The van der Waals surface area contributed by atoms with Crippen molar-refractivity contribution in [2.45, 2.75) is 25.6 Å². The summed E-state index contributed by atoms with van der Waals surface area (Å²) in [4.78, 5) is 23.8. The van der Waals surface area contributed by atoms with Crippen LogP contribution in [0.5, 0.6) is 0 Å². The van der Waals surface area contributed by atoms with Crippen LogP contribution in [0.1, 0.15) is 17.7 Å². The van der Waals surface area contributed by atoms with E-state index in [2.05, 4.69) is 9.46 Å². The number of aromatic nitrogens is 1. The van der Waals surface area contributed by atoms with Gasteiger partial charge in [0.2, 0.25) is 10.0 Å². The second-order valence-electron chi connectivity index (χ2n) is 5.66. The highest BCUT2D eigenvalue weighted by Crippen LogP contribution is 2.14. The molecule has 0 amide bonds. The molecule has 9 heteroatoms. The summed E-state index contributed by atoms with van der Waals surface area (Å²) in [5, 5.41) is 0.506. The minimum atomic E-state index is -3.79. The Bertz CT molecular complexity index is 952. The van der Waals surface area contributed by atoms with Gasteiger partial charge in [0.1, 0.15) is 5.69 Å². The smallest absolute Gasteiger partial charge is 0.307 e. The van der Waals surface area contributed by atoms with Gasteiger partial charge in [-0.3, -0.25) is 14.3 Å². The molecule has 1 heterocycles. The van der Waals surface area contributed by atoms with Crippen molar-refractivity contribution in [1.29, 1.82) is 0 Å². The maximum atomic E-state index is 12.5. The van der Waals surface area contributed by atoms with Crippen LogP contribution in [0.2, 0.25) is 5.02 Å². The number of sulfonamides is 1. The number of nitrogens with one attached hydrogen (secondary N) is 1. The van der Waals surface area contributed by atoms with Crippen molar-refractivity contribution in [3.63, 3.8) is 0 Å². The molecular weight excluding hydrogens is 380 g/mol. The maximum absolute atomic E-state index is 12.5. The molecule has 0 aliphatic rings. The lowest BCUT2D eigenvalue weighted by molar-refractivity contribution is -0.140. The summed E-state index contributed by atoms with van der Waals surface area (Å²) in [6.45, 7) is 1.80. The summed E-state index contributed by atoms with van der Waals surface area (Å²) < 4.78 is 32.9. The molecule has 1 N–H and O–H groups in total. The first-order valence-electron chi connectivity index (χ1n) is 7.74. The van der Waals surface area contributed by atoms with Gasteiger partial charge in [0.25, 0.3) is 5.56 Å². The summed E-state index contributed by atoms with van der Waals surface area (Å²) in [7, 11) is -2.52. The molecule has 0 aliphatic carbocycles. The van der Waals surface area contributed by atoms with E-state index in [1.54, 1.807) is 37.3 Å². The normalized spacial score (nSPS) is 11.2. The Morgan fingerprint density at radius 2 is 1.85 bits per heavy atom. The molecule has 0 saturated carbocycles. The van der Waals surface area contributed by atoms with Gasteiger partial charge >= 0.3 is 5.97 Å². The number of hydrogen-bond acceptors (Lipinski definition) is 5. The quantitative estimate of drug-likeness (QED) is 0.722. The molecule has 140 valence electrons. The van der Waals surface area contributed by atoms with Crippen LogP contribution >= 0.6 is 11.6 Å². The molecular formula is C17H19ClN2O5S. The van der Waals surface area contributed by atoms with E-state index in [0.717, 1.165) is 0 Å². The van der Waals surface area contributed by atoms with Crippen molar-refractivity contribution in [2.24, 2.45) is 0 Å². The van der Waals surface area contributed by atoms with Crippen molar-refractivity contribution in [1.82, 2.24) is 4.57 Å². The van der Waals surface area contributed by atoms with Gasteiger partial charge in [-0.1, -0.05) is 23.7 Å². The fourth-order valence-corrected chi connectivity index (χ4v) is 3.66. The topological polar surface area (TPSA) is 94.5 Å². The Morgan fingerprint density at radius 1 is 1.19 bits per heavy atom. The molecule has 0 unspecified atom stereocenters. The summed E-state index contributed by atoms with van der Waals surface area (Å²) >= 11 is 5.79. The monoisotopic (exact) mass is 398 g/mol. The van der Waals surface area contributed by atoms with Gasteiger partial charge in [-0.25, -0.2) is 8.42 Å². The third kappa shape index (κ3) is 5.34. The Morgan fingerprint density at radius 3 is 2.46 bits per heavy atom. The first-order valence-corrected chi connectivity index (χ1v) is 9.77. The Hall–Kier alpha value is -2.32. The number of halogens is 1. The molecule has 0 saturated heterocycles. The number of rotatable bonds is 7. The lowest BCUT2D eigenvalue weighted by Gasteiger charge is -2.13. The Kier molecular flexibility index (Phi) is 6.44. The summed E-state index contributed by atoms with van der Waals surface area (Å²) in [6, 6.07) is 9.41. The third-order valence-corrected chi connectivity index (χ3v) is 5.19. The molecule has 0 spiro atoms. The summed E-state index contributed by atoms with van der Waals surface area (Å²) in [5.41, 5.74) is 0.558. The number of methoxy groups -OCH3 is 1. The highest BCUT2D eigenvalue weighted by Gasteiger charge is 2.16. The lowest BCUT2D eigenvalue weighted by Crippen LogP contribution is -2.28. The molecule has 7 nitrogen and oxygen atoms in total. The largest absolute Gasteiger partial charge is 0.469 e. The zero-order valence-corrected chi connectivity index (χ0v) is 15.9. The molecule has 0 atom stereocenters. The molecule has 0 bridgehead atoms. The molecule has 1 aromatic carbocycles. The number of carbonyl (C=O) groups excluding carboxylic acids is 1. The average molecular weight is 399 g/mol. The van der Waals surface area contributed by atoms with Gasteiger partial charge in [0, 0.05) is 17.3 Å². The number of anilines is 1. The van der Waals surface area contributed by atoms with Crippen LogP contribution in [0.15, 0.2) is 41.2 Å². The number of pyridine rings is 1. The second-order valence-corrected chi connectivity index (χ2v) is 7.82. The zero-order chi connectivity index (χ0) is 19.3. The van der Waals surface area contributed by atoms with E-state index in [-0.39, 0.29) is 24.4 Å². The molecule has 0 fully saturated rings. The lowest BCUT2D eigenvalue weighted by atomic mass is 10.2. The van der Waals surface area contributed by atoms with Gasteiger partial charge in [-0.15, -0.1) is 0 Å². The molecule has 2 aromatic rings. The predicted octanol–water partition coefficient (Wildman–Crippen LogP) is 2.32. The standard InChI is InChI=1S/C17H19ClN2O5S/c1-12-3-8-15(17(22)20(12)10-9-16(21)25-2)19-26(23,24)11-13-4-6-14(18)7-5-13/h3-8,19H,9-11H2,1-2H3. The highest BCUT2D eigenvalue weighted by atomic mass is 35.5. The van der Waals surface area contributed by atoms with Crippen LogP contribution < -0.4 is 10.3 Å². The molecule has 0 aliphatic heterocycles. The molecule has 1 aromatic heterocycles. The van der Waals surface area contributed by atoms with E-state index < -0.39 is 21.6 Å². The zero-order valence-electron chi connectivity index (χ0n) is 14.4. The van der Waals surface area contributed by atoms with Gasteiger partial charge < -0.3 is 9.30 Å². The van der Waals surface area contributed by atoms with Crippen LogP contribution in [-0.4, -0.2) is 26.1 Å². The van der Waals surface area contributed by atoms with Gasteiger partial charge in [-0.2, -0.15) is 0 Å². The van der Waals surface area contributed by atoms with Crippen molar-refractivity contribution in [3.8, 4) is 0 Å². The minimum absolute atomic E-state index is 0.0121. The van der Waals surface area contributed by atoms with Crippen LogP contribution in [0.4, 0.5) is 5.69 Å². The highest BCUT2D eigenvalue weighted by molar-refractivity contribution is 7.91. The van der Waals surface area contributed by atoms with Gasteiger partial charge in [-0.05, 0) is 36.8 Å². The molecule has 0 radical (unpaired) electrons. The Balaban J connectivity index is 2.21. The summed E-state index contributed by atoms with van der Waals surface area (Å²) in [6.07, 6.45) is 0.0121. The fraction of sp³-hybridized carbons (Fsp3) is 0.294. The van der Waals surface area contributed by atoms with E-state index >= 15 is 0 Å². The number of aryl methyl sites for hydroxylation is 1. The van der Waals surface area contributed by atoms with Gasteiger partial charge in [0.05, 0.1) is 19.3 Å². The number of hydrogen-bond donors (Lipinski definition) is 1. The van der Waals surface area contributed by atoms with Crippen molar-refractivity contribution in [2.75, 3.05) is 11.8 Å². The van der Waals surface area contributed by atoms with E-state index in [1.165, 1.54) is 17.7 Å². The fourth-order valence-electron chi connectivity index (χ4n) is 2.34. The number of carbonyl (C=O) groups is 1. The average Bonchev–Trinajstić information content (AvgIpc) is 2.59. The van der Waals surface area contributed by atoms with Crippen LogP contribution in [0.3, 0.4) is 0 Å². The number of benzene rings is 1. The van der Waals surface area contributed by atoms with E-state index in [1.807, 2.05) is 0 Å². The van der Waals surface area contributed by atoms with Crippen molar-refractivity contribution >= 4 is 33.3 Å². The first-order chi connectivity index (χ1) is 12.2. The molecule has 2 rings (SSSR count). The van der Waals surface area contributed by atoms with Crippen molar-refractivity contribution in [3.05, 3.63) is 63.0 Å². The van der Waals surface area contributed by atoms with Crippen LogP contribution in [0.25, 0.3) is 0 Å². The SMILES string of the molecule is COC(=O)CCn1c(C)ccc(NS(=O)(=O)Cc2ccc(Cl)cc2)c1=O.